The summed E-state index contributed by atoms with van der Waals surface area (Å²) >= 11 is 0. The average molecular weight is 283 g/mol. The number of nitrogens with two attached hydrogens (primary N) is 2. The van der Waals surface area contributed by atoms with Crippen molar-refractivity contribution in [1.82, 2.24) is 4.90 Å². The highest BCUT2D eigenvalue weighted by atomic mass is 19.1. The van der Waals surface area contributed by atoms with Gasteiger partial charge < -0.3 is 16.6 Å². The first kappa shape index (κ1) is 15.6. The van der Waals surface area contributed by atoms with Crippen LogP contribution in [0.3, 0.4) is 0 Å². The third kappa shape index (κ3) is 4.65. The molecule has 0 fully saturated rings. The van der Waals surface area contributed by atoms with Crippen LogP contribution in [0.15, 0.2) is 18.2 Å². The Hall–Kier alpha value is -2.48. The summed E-state index contributed by atoms with van der Waals surface area (Å²) in [6.07, 6.45) is 0. The molecule has 2 amide bonds. The quantitative estimate of drug-likeness (QED) is 0.552. The van der Waals surface area contributed by atoms with Gasteiger partial charge in [-0.25, -0.2) is 4.39 Å². The van der Waals surface area contributed by atoms with Crippen molar-refractivity contribution in [1.29, 1.82) is 0 Å². The van der Waals surface area contributed by atoms with Crippen LogP contribution in [0.1, 0.15) is 10.4 Å². The highest BCUT2D eigenvalue weighted by molar-refractivity contribution is 6.00. The molecule has 0 bridgehead atoms. The number of hydrogen-bond acceptors (Lipinski definition) is 5. The third-order valence-electron chi connectivity index (χ3n) is 2.39. The molecule has 0 radical (unpaired) electrons. The first-order valence-electron chi connectivity index (χ1n) is 5.60. The Kier molecular flexibility index (Phi) is 5.15. The Morgan fingerprint density at radius 1 is 1.10 bits per heavy atom. The molecule has 0 aliphatic heterocycles. The largest absolute Gasteiger partial charge is 0.507 e. The number of carbonyl (C=O) groups is 3. The number of phenols is 1. The Morgan fingerprint density at radius 2 is 1.65 bits per heavy atom. The first-order chi connectivity index (χ1) is 9.29. The van der Waals surface area contributed by atoms with E-state index in [2.05, 4.69) is 0 Å². The minimum atomic E-state index is -0.748. The van der Waals surface area contributed by atoms with Crippen molar-refractivity contribution in [3.05, 3.63) is 29.6 Å². The van der Waals surface area contributed by atoms with E-state index < -0.39 is 35.7 Å². The molecule has 0 saturated heterocycles. The molecule has 1 aromatic carbocycles. The van der Waals surface area contributed by atoms with Gasteiger partial charge in [0.05, 0.1) is 25.2 Å². The lowest BCUT2D eigenvalue weighted by atomic mass is 10.1. The Morgan fingerprint density at radius 3 is 2.15 bits per heavy atom. The zero-order valence-electron chi connectivity index (χ0n) is 10.5. The fraction of sp³-hybridized carbons (Fsp3) is 0.250. The molecule has 20 heavy (non-hydrogen) atoms. The molecule has 0 spiro atoms. The number of benzene rings is 1. The van der Waals surface area contributed by atoms with Gasteiger partial charge in [-0.1, -0.05) is 0 Å². The molecule has 5 N–H and O–H groups in total. The van der Waals surface area contributed by atoms with Crippen LogP contribution in [-0.4, -0.2) is 47.2 Å². The van der Waals surface area contributed by atoms with Crippen LogP contribution >= 0.6 is 0 Å². The molecular weight excluding hydrogens is 269 g/mol. The molecule has 1 rings (SSSR count). The molecule has 0 atom stereocenters. The Labute approximate surface area is 114 Å². The minimum absolute atomic E-state index is 0.246. The predicted octanol–water partition coefficient (Wildman–Crippen LogP) is -1.01. The number of primary amides is 2. The second-order valence-electron chi connectivity index (χ2n) is 4.16. The summed E-state index contributed by atoms with van der Waals surface area (Å²) in [4.78, 5) is 34.7. The molecule has 0 aromatic heterocycles. The summed E-state index contributed by atoms with van der Waals surface area (Å²) in [6, 6.07) is 2.90. The number of carbonyl (C=O) groups excluding carboxylic acids is 3. The van der Waals surface area contributed by atoms with Crippen LogP contribution < -0.4 is 11.5 Å². The maximum absolute atomic E-state index is 13.0. The van der Waals surface area contributed by atoms with Crippen molar-refractivity contribution in [2.45, 2.75) is 0 Å². The van der Waals surface area contributed by atoms with Gasteiger partial charge in [-0.2, -0.15) is 0 Å². The van der Waals surface area contributed by atoms with E-state index in [1.165, 1.54) is 0 Å². The van der Waals surface area contributed by atoms with Crippen molar-refractivity contribution in [2.75, 3.05) is 19.6 Å². The summed E-state index contributed by atoms with van der Waals surface area (Å²) in [5, 5.41) is 9.49. The minimum Gasteiger partial charge on any atom is -0.507 e. The van der Waals surface area contributed by atoms with Gasteiger partial charge in [0.15, 0.2) is 5.78 Å². The second kappa shape index (κ2) is 6.62. The number of amides is 2. The van der Waals surface area contributed by atoms with E-state index in [9.17, 15) is 23.9 Å². The van der Waals surface area contributed by atoms with Crippen LogP contribution in [0.25, 0.3) is 0 Å². The van der Waals surface area contributed by atoms with Gasteiger partial charge in [-0.15, -0.1) is 0 Å². The molecule has 108 valence electrons. The number of nitrogens with zero attached hydrogens (tertiary/aromatic N) is 1. The average Bonchev–Trinajstić information content (AvgIpc) is 2.30. The number of ketones is 1. The molecule has 0 saturated carbocycles. The van der Waals surface area contributed by atoms with Gasteiger partial charge in [0.2, 0.25) is 11.8 Å². The molecule has 0 heterocycles. The monoisotopic (exact) mass is 283 g/mol. The topological polar surface area (TPSA) is 127 Å². The van der Waals surface area contributed by atoms with Crippen molar-refractivity contribution < 1.29 is 23.9 Å². The van der Waals surface area contributed by atoms with Gasteiger partial charge >= 0.3 is 0 Å². The molecule has 1 aromatic rings. The van der Waals surface area contributed by atoms with Crippen molar-refractivity contribution in [2.24, 2.45) is 11.5 Å². The normalized spacial score (nSPS) is 10.5. The van der Waals surface area contributed by atoms with Gasteiger partial charge in [-0.05, 0) is 18.2 Å². The Balaban J connectivity index is 2.86. The maximum atomic E-state index is 13.0. The van der Waals surface area contributed by atoms with Crippen molar-refractivity contribution >= 4 is 17.6 Å². The van der Waals surface area contributed by atoms with Crippen molar-refractivity contribution in [3.8, 4) is 5.75 Å². The highest BCUT2D eigenvalue weighted by Gasteiger charge is 2.19. The number of aromatic hydroxyl groups is 1. The van der Waals surface area contributed by atoms with Crippen molar-refractivity contribution in [3.63, 3.8) is 0 Å². The van der Waals surface area contributed by atoms with Gasteiger partial charge in [-0.3, -0.25) is 19.3 Å². The number of phenolic OH excluding ortho intramolecular Hbond substituents is 1. The van der Waals surface area contributed by atoms with E-state index in [0.29, 0.717) is 0 Å². The van der Waals surface area contributed by atoms with Crippen LogP contribution in [0.4, 0.5) is 4.39 Å². The number of Topliss-reactive ketones (excluding diaryl/α,β-unsaturated/α-hetero) is 1. The van der Waals surface area contributed by atoms with E-state index in [1.54, 1.807) is 0 Å². The van der Waals surface area contributed by atoms with Gasteiger partial charge in [0.1, 0.15) is 11.6 Å². The third-order valence-corrected chi connectivity index (χ3v) is 2.39. The van der Waals surface area contributed by atoms with Gasteiger partial charge in [0.25, 0.3) is 0 Å². The lowest BCUT2D eigenvalue weighted by Gasteiger charge is -2.18. The standard InChI is InChI=1S/C12H14FN3O4/c13-7-1-2-9(17)8(3-7)10(18)4-16(5-11(14)19)6-12(15)20/h1-3,17H,4-6H2,(H2,14,19)(H2,15,20). The fourth-order valence-corrected chi connectivity index (χ4v) is 1.63. The van der Waals surface area contributed by atoms with E-state index in [-0.39, 0.29) is 18.7 Å². The SMILES string of the molecule is NC(=O)CN(CC(N)=O)CC(=O)c1cc(F)ccc1O. The molecule has 8 heteroatoms. The molecule has 0 unspecified atom stereocenters. The fourth-order valence-electron chi connectivity index (χ4n) is 1.63. The van der Waals surface area contributed by atoms with E-state index in [1.807, 2.05) is 0 Å². The van der Waals surface area contributed by atoms with Crippen LogP contribution in [0, 0.1) is 5.82 Å². The predicted molar refractivity (Wildman–Crippen MR) is 67.2 cm³/mol. The number of hydrogen-bond donors (Lipinski definition) is 3. The summed E-state index contributed by atoms with van der Waals surface area (Å²) < 4.78 is 13.0. The van der Waals surface area contributed by atoms with E-state index >= 15 is 0 Å². The molecule has 0 aliphatic rings. The summed E-state index contributed by atoms with van der Waals surface area (Å²) in [5.41, 5.74) is 9.72. The first-order valence-corrected chi connectivity index (χ1v) is 5.60. The van der Waals surface area contributed by atoms with E-state index in [0.717, 1.165) is 23.1 Å². The van der Waals surface area contributed by atoms with Gasteiger partial charge in [0, 0.05) is 0 Å². The zero-order valence-corrected chi connectivity index (χ0v) is 10.5. The lowest BCUT2D eigenvalue weighted by molar-refractivity contribution is -0.121. The van der Waals surface area contributed by atoms with Crippen LogP contribution in [0.2, 0.25) is 0 Å². The molecular formula is C12H14FN3O4. The molecule has 0 aliphatic carbocycles. The van der Waals surface area contributed by atoms with Crippen LogP contribution in [0.5, 0.6) is 5.75 Å². The lowest BCUT2D eigenvalue weighted by Crippen LogP contribution is -2.42. The number of halogens is 1. The van der Waals surface area contributed by atoms with E-state index in [4.69, 9.17) is 11.5 Å². The summed E-state index contributed by atoms with van der Waals surface area (Å²) in [6.45, 7) is -1.11. The van der Waals surface area contributed by atoms with Crippen LogP contribution in [-0.2, 0) is 9.59 Å². The smallest absolute Gasteiger partial charge is 0.231 e. The summed E-state index contributed by atoms with van der Waals surface area (Å²) in [5.74, 6) is -3.24. The number of rotatable bonds is 7. The maximum Gasteiger partial charge on any atom is 0.231 e. The Bertz CT molecular complexity index is 532. The summed E-state index contributed by atoms with van der Waals surface area (Å²) in [7, 11) is 0. The zero-order chi connectivity index (χ0) is 15.3. The molecule has 7 nitrogen and oxygen atoms in total. The second-order valence-corrected chi connectivity index (χ2v) is 4.16. The highest BCUT2D eigenvalue weighted by Crippen LogP contribution is 2.18.